The molecule has 160 valence electrons. The molecule has 31 heavy (non-hydrogen) atoms. The van der Waals surface area contributed by atoms with Gasteiger partial charge in [-0.2, -0.15) is 5.26 Å². The summed E-state index contributed by atoms with van der Waals surface area (Å²) in [6.45, 7) is 2.66. The van der Waals surface area contributed by atoms with E-state index in [0.29, 0.717) is 34.9 Å². The Morgan fingerprint density at radius 2 is 2.06 bits per heavy atom. The Hall–Kier alpha value is -3.30. The number of halogens is 1. The van der Waals surface area contributed by atoms with Crippen molar-refractivity contribution in [3.8, 4) is 6.07 Å². The zero-order valence-corrected chi connectivity index (χ0v) is 18.2. The number of H-pyrrole nitrogens is 1. The minimum Gasteiger partial charge on any atom is -0.439 e. The number of nitrogens with zero attached hydrogens (tertiary/aromatic N) is 3. The molecule has 6 nitrogen and oxygen atoms in total. The lowest BCUT2D eigenvalue weighted by atomic mass is 10.0. The van der Waals surface area contributed by atoms with Crippen molar-refractivity contribution in [3.05, 3.63) is 82.9 Å². The first-order valence-electron chi connectivity index (χ1n) is 10.3. The number of rotatable bonds is 9. The van der Waals surface area contributed by atoms with Crippen LogP contribution < -0.4 is 4.90 Å². The Kier molecular flexibility index (Phi) is 8.08. The van der Waals surface area contributed by atoms with Crippen molar-refractivity contribution >= 4 is 23.4 Å². The molecule has 0 saturated heterocycles. The van der Waals surface area contributed by atoms with E-state index in [4.69, 9.17) is 21.6 Å². The SMILES string of the molecule is CCCCCN(C(=O)OC(Cc1ccc(C#N)cc1)c1cnc[nH]1)c1cccc(Cl)c1. The van der Waals surface area contributed by atoms with Crippen molar-refractivity contribution in [1.82, 2.24) is 9.97 Å². The zero-order chi connectivity index (χ0) is 22.1. The van der Waals surface area contributed by atoms with Crippen molar-refractivity contribution in [2.45, 2.75) is 38.7 Å². The van der Waals surface area contributed by atoms with Gasteiger partial charge in [0.1, 0.15) is 6.10 Å². The van der Waals surface area contributed by atoms with Crippen molar-refractivity contribution in [2.75, 3.05) is 11.4 Å². The van der Waals surface area contributed by atoms with Crippen LogP contribution in [-0.2, 0) is 11.2 Å². The van der Waals surface area contributed by atoms with E-state index in [1.807, 2.05) is 24.3 Å². The first-order chi connectivity index (χ1) is 15.1. The fraction of sp³-hybridized carbons (Fsp3) is 0.292. The Labute approximate surface area is 187 Å². The summed E-state index contributed by atoms with van der Waals surface area (Å²) in [5.74, 6) is 0. The molecule has 0 aliphatic heterocycles. The first kappa shape index (κ1) is 22.4. The summed E-state index contributed by atoms with van der Waals surface area (Å²) in [6.07, 6.45) is 5.61. The lowest BCUT2D eigenvalue weighted by Crippen LogP contribution is -2.34. The molecule has 0 aliphatic carbocycles. The van der Waals surface area contributed by atoms with Crippen LogP contribution in [0.2, 0.25) is 5.02 Å². The number of hydrogen-bond acceptors (Lipinski definition) is 4. The number of unbranched alkanes of at least 4 members (excludes halogenated alkanes) is 2. The third kappa shape index (κ3) is 6.34. The van der Waals surface area contributed by atoms with Gasteiger partial charge in [0.25, 0.3) is 0 Å². The summed E-state index contributed by atoms with van der Waals surface area (Å²) in [5.41, 5.74) is 2.95. The molecule has 3 rings (SSSR count). The smallest absolute Gasteiger partial charge is 0.414 e. The maximum atomic E-state index is 13.2. The quantitative estimate of drug-likeness (QED) is 0.414. The van der Waals surface area contributed by atoms with Gasteiger partial charge < -0.3 is 9.72 Å². The highest BCUT2D eigenvalue weighted by molar-refractivity contribution is 6.30. The van der Waals surface area contributed by atoms with Crippen molar-refractivity contribution in [2.24, 2.45) is 0 Å². The molecule has 1 N–H and O–H groups in total. The Morgan fingerprint density at radius 1 is 1.26 bits per heavy atom. The second kappa shape index (κ2) is 11.2. The van der Waals surface area contributed by atoms with E-state index >= 15 is 0 Å². The van der Waals surface area contributed by atoms with Crippen molar-refractivity contribution < 1.29 is 9.53 Å². The van der Waals surface area contributed by atoms with Gasteiger partial charge in [-0.3, -0.25) is 4.90 Å². The molecule has 0 spiro atoms. The summed E-state index contributed by atoms with van der Waals surface area (Å²) in [4.78, 5) is 22.0. The fourth-order valence-electron chi connectivity index (χ4n) is 3.26. The maximum absolute atomic E-state index is 13.2. The summed E-state index contributed by atoms with van der Waals surface area (Å²) in [5, 5.41) is 9.57. The molecular weight excluding hydrogens is 412 g/mol. The van der Waals surface area contributed by atoms with E-state index in [9.17, 15) is 4.79 Å². The summed E-state index contributed by atoms with van der Waals surface area (Å²) in [6, 6.07) is 16.6. The van der Waals surface area contributed by atoms with E-state index in [0.717, 1.165) is 24.8 Å². The first-order valence-corrected chi connectivity index (χ1v) is 10.7. The molecule has 0 aliphatic rings. The molecule has 1 aromatic heterocycles. The molecule has 1 atom stereocenters. The Balaban J connectivity index is 1.81. The van der Waals surface area contributed by atoms with Gasteiger partial charge in [0.2, 0.25) is 0 Å². The number of anilines is 1. The van der Waals surface area contributed by atoms with E-state index < -0.39 is 12.2 Å². The topological polar surface area (TPSA) is 82.0 Å². The highest BCUT2D eigenvalue weighted by Crippen LogP contribution is 2.26. The van der Waals surface area contributed by atoms with Crippen LogP contribution in [0.5, 0.6) is 0 Å². The predicted molar refractivity (Wildman–Crippen MR) is 121 cm³/mol. The van der Waals surface area contributed by atoms with Gasteiger partial charge >= 0.3 is 6.09 Å². The number of benzene rings is 2. The molecule has 1 amide bonds. The number of aromatic nitrogens is 2. The van der Waals surface area contributed by atoms with Crippen molar-refractivity contribution in [1.29, 1.82) is 5.26 Å². The van der Waals surface area contributed by atoms with Gasteiger partial charge in [-0.15, -0.1) is 0 Å². The lowest BCUT2D eigenvalue weighted by molar-refractivity contribution is 0.102. The minimum absolute atomic E-state index is 0.438. The Morgan fingerprint density at radius 3 is 2.71 bits per heavy atom. The standard InChI is InChI=1S/C24H25ClN4O2/c1-2-3-4-12-29(21-7-5-6-20(25)14-21)24(30)31-23(22-16-27-17-28-22)13-18-8-10-19(15-26)11-9-18/h5-11,14,16-17,23H,2-4,12-13H2,1H3,(H,27,28). The molecule has 3 aromatic rings. The number of ether oxygens (including phenoxy) is 1. The second-order valence-corrected chi connectivity index (χ2v) is 7.67. The van der Waals surface area contributed by atoms with Crippen LogP contribution in [0.25, 0.3) is 0 Å². The number of aromatic amines is 1. The summed E-state index contributed by atoms with van der Waals surface area (Å²) >= 11 is 6.16. The van der Waals surface area contributed by atoms with Crippen LogP contribution in [0.3, 0.4) is 0 Å². The molecule has 0 saturated carbocycles. The zero-order valence-electron chi connectivity index (χ0n) is 17.4. The maximum Gasteiger partial charge on any atom is 0.414 e. The largest absolute Gasteiger partial charge is 0.439 e. The van der Waals surface area contributed by atoms with Crippen LogP contribution in [0, 0.1) is 11.3 Å². The van der Waals surface area contributed by atoms with E-state index in [-0.39, 0.29) is 0 Å². The number of nitrogens with one attached hydrogen (secondary N) is 1. The molecule has 0 radical (unpaired) electrons. The van der Waals surface area contributed by atoms with Crippen molar-refractivity contribution in [3.63, 3.8) is 0 Å². The number of amides is 1. The van der Waals surface area contributed by atoms with Gasteiger partial charge in [0, 0.05) is 23.7 Å². The van der Waals surface area contributed by atoms with Gasteiger partial charge in [-0.05, 0) is 42.3 Å². The lowest BCUT2D eigenvalue weighted by Gasteiger charge is -2.25. The van der Waals surface area contributed by atoms with Crippen LogP contribution in [0.4, 0.5) is 10.5 Å². The van der Waals surface area contributed by atoms with E-state index in [1.165, 1.54) is 0 Å². The number of carbonyl (C=O) groups excluding carboxylic acids is 1. The van der Waals surface area contributed by atoms with Gasteiger partial charge in [-0.25, -0.2) is 9.78 Å². The normalized spacial score (nSPS) is 11.5. The molecule has 7 heteroatoms. The van der Waals surface area contributed by atoms with Crippen LogP contribution >= 0.6 is 11.6 Å². The van der Waals surface area contributed by atoms with Crippen LogP contribution in [0.1, 0.15) is 49.1 Å². The molecular formula is C24H25ClN4O2. The van der Waals surface area contributed by atoms with Gasteiger partial charge in [-0.1, -0.05) is 49.6 Å². The van der Waals surface area contributed by atoms with E-state index in [1.54, 1.807) is 41.7 Å². The highest BCUT2D eigenvalue weighted by Gasteiger charge is 2.24. The summed E-state index contributed by atoms with van der Waals surface area (Å²) in [7, 11) is 0. The highest BCUT2D eigenvalue weighted by atomic mass is 35.5. The average molecular weight is 437 g/mol. The number of carbonyl (C=O) groups is 1. The fourth-order valence-corrected chi connectivity index (χ4v) is 3.45. The summed E-state index contributed by atoms with van der Waals surface area (Å²) < 4.78 is 5.95. The van der Waals surface area contributed by atoms with Gasteiger partial charge in [0.15, 0.2) is 0 Å². The predicted octanol–water partition coefficient (Wildman–Crippen LogP) is 6.05. The minimum atomic E-state index is -0.546. The molecule has 1 heterocycles. The van der Waals surface area contributed by atoms with Crippen LogP contribution in [0.15, 0.2) is 61.1 Å². The van der Waals surface area contributed by atoms with Gasteiger partial charge in [0.05, 0.1) is 29.9 Å². The third-order valence-electron chi connectivity index (χ3n) is 4.94. The molecule has 0 fully saturated rings. The Bertz CT molecular complexity index is 1010. The molecule has 2 aromatic carbocycles. The second-order valence-electron chi connectivity index (χ2n) is 7.23. The third-order valence-corrected chi connectivity index (χ3v) is 5.17. The molecule has 0 bridgehead atoms. The number of imidazole rings is 1. The number of hydrogen-bond donors (Lipinski definition) is 1. The average Bonchev–Trinajstić information content (AvgIpc) is 3.32. The monoisotopic (exact) mass is 436 g/mol. The van der Waals surface area contributed by atoms with E-state index in [2.05, 4.69) is 23.0 Å². The van der Waals surface area contributed by atoms with Crippen LogP contribution in [-0.4, -0.2) is 22.6 Å². The number of nitriles is 1. The molecule has 1 unspecified atom stereocenters.